The number of fused-ring (bicyclic) bond motifs is 1. The Labute approximate surface area is 94.9 Å². The average Bonchev–Trinajstić information content (AvgIpc) is 2.61. The predicted octanol–water partition coefficient (Wildman–Crippen LogP) is 3.92. The molecule has 0 bridgehead atoms. The van der Waals surface area contributed by atoms with Crippen molar-refractivity contribution in [3.8, 4) is 0 Å². The van der Waals surface area contributed by atoms with Gasteiger partial charge in [-0.05, 0) is 24.1 Å². The molecule has 1 heterocycles. The van der Waals surface area contributed by atoms with Crippen LogP contribution < -0.4 is 0 Å². The first-order valence-corrected chi connectivity index (χ1v) is 6.29. The van der Waals surface area contributed by atoms with Crippen LogP contribution in [-0.4, -0.2) is 6.29 Å². The van der Waals surface area contributed by atoms with Crippen molar-refractivity contribution in [3.63, 3.8) is 0 Å². The molecule has 2 rings (SSSR count). The summed E-state index contributed by atoms with van der Waals surface area (Å²) < 4.78 is 1.19. The molecule has 0 aliphatic rings. The molecular weight excluding hydrogens is 260 g/mol. The lowest BCUT2D eigenvalue weighted by Gasteiger charge is -2.04. The van der Waals surface area contributed by atoms with Crippen LogP contribution in [0, 0.1) is 6.92 Å². The molecule has 1 aromatic heterocycles. The number of aryl methyl sites for hydroxylation is 1. The molecule has 0 spiro atoms. The van der Waals surface area contributed by atoms with Crippen LogP contribution in [0.5, 0.6) is 0 Å². The number of thiophene rings is 1. The number of halogens is 1. The summed E-state index contributed by atoms with van der Waals surface area (Å²) in [4.78, 5) is 10.9. The van der Waals surface area contributed by atoms with E-state index in [0.717, 1.165) is 22.6 Å². The predicted molar refractivity (Wildman–Crippen MR) is 64.6 cm³/mol. The van der Waals surface area contributed by atoms with Crippen LogP contribution in [-0.2, 0) is 5.33 Å². The first kappa shape index (κ1) is 9.87. The smallest absolute Gasteiger partial charge is 0.151 e. The van der Waals surface area contributed by atoms with Gasteiger partial charge in [0.25, 0.3) is 0 Å². The van der Waals surface area contributed by atoms with E-state index in [1.807, 2.05) is 5.38 Å². The standard InChI is InChI=1S/C11H9BrOS/c1-7-2-3-10-11(9(7)4-12)8(5-13)6-14-10/h2-3,5-6H,4H2,1H3. The fraction of sp³-hybridized carbons (Fsp3) is 0.182. The van der Waals surface area contributed by atoms with Crippen LogP contribution in [0.15, 0.2) is 17.5 Å². The molecule has 14 heavy (non-hydrogen) atoms. The number of carbonyl (C=O) groups is 1. The van der Waals surface area contributed by atoms with Crippen LogP contribution >= 0.6 is 27.3 Å². The Morgan fingerprint density at radius 3 is 2.93 bits per heavy atom. The van der Waals surface area contributed by atoms with Gasteiger partial charge in [-0.15, -0.1) is 11.3 Å². The molecule has 0 N–H and O–H groups in total. The van der Waals surface area contributed by atoms with Crippen LogP contribution in [0.2, 0.25) is 0 Å². The van der Waals surface area contributed by atoms with E-state index in [-0.39, 0.29) is 0 Å². The number of benzene rings is 1. The molecule has 0 fully saturated rings. The lowest BCUT2D eigenvalue weighted by Crippen LogP contribution is -1.87. The molecule has 0 radical (unpaired) electrons. The average molecular weight is 269 g/mol. The first-order valence-electron chi connectivity index (χ1n) is 4.28. The molecule has 1 nitrogen and oxygen atoms in total. The molecule has 1 aromatic carbocycles. The van der Waals surface area contributed by atoms with E-state index >= 15 is 0 Å². The molecular formula is C11H9BrOS. The van der Waals surface area contributed by atoms with Crippen LogP contribution in [0.3, 0.4) is 0 Å². The van der Waals surface area contributed by atoms with Gasteiger partial charge >= 0.3 is 0 Å². The monoisotopic (exact) mass is 268 g/mol. The largest absolute Gasteiger partial charge is 0.298 e. The summed E-state index contributed by atoms with van der Waals surface area (Å²) >= 11 is 5.09. The maximum absolute atomic E-state index is 10.9. The Balaban J connectivity index is 2.88. The molecule has 0 saturated heterocycles. The Kier molecular flexibility index (Phi) is 2.70. The zero-order valence-electron chi connectivity index (χ0n) is 7.71. The summed E-state index contributed by atoms with van der Waals surface area (Å²) in [7, 11) is 0. The lowest BCUT2D eigenvalue weighted by molar-refractivity contribution is 0.112. The molecule has 0 aliphatic carbocycles. The molecule has 0 atom stereocenters. The third-order valence-electron chi connectivity index (χ3n) is 2.37. The van der Waals surface area contributed by atoms with Gasteiger partial charge in [-0.25, -0.2) is 0 Å². The third kappa shape index (κ3) is 1.41. The van der Waals surface area contributed by atoms with Crippen molar-refractivity contribution in [3.05, 3.63) is 34.2 Å². The summed E-state index contributed by atoms with van der Waals surface area (Å²) in [5, 5.41) is 3.83. The van der Waals surface area contributed by atoms with Gasteiger partial charge in [0.05, 0.1) is 0 Å². The molecule has 3 heteroatoms. The van der Waals surface area contributed by atoms with Gasteiger partial charge in [-0.1, -0.05) is 22.0 Å². The van der Waals surface area contributed by atoms with Crippen molar-refractivity contribution in [1.29, 1.82) is 0 Å². The maximum atomic E-state index is 10.9. The highest BCUT2D eigenvalue weighted by molar-refractivity contribution is 9.08. The number of carbonyl (C=O) groups excluding carboxylic acids is 1. The van der Waals surface area contributed by atoms with E-state index in [1.54, 1.807) is 11.3 Å². The van der Waals surface area contributed by atoms with E-state index in [9.17, 15) is 4.79 Å². The maximum Gasteiger partial charge on any atom is 0.151 e. The second-order valence-corrected chi connectivity index (χ2v) is 4.65. The number of hydrogen-bond donors (Lipinski definition) is 0. The number of aldehydes is 1. The quantitative estimate of drug-likeness (QED) is 0.596. The van der Waals surface area contributed by atoms with Gasteiger partial charge in [0.1, 0.15) is 0 Å². The minimum atomic E-state index is 0.799. The molecule has 72 valence electrons. The van der Waals surface area contributed by atoms with Gasteiger partial charge in [0, 0.05) is 26.4 Å². The van der Waals surface area contributed by atoms with Crippen LogP contribution in [0.4, 0.5) is 0 Å². The summed E-state index contributed by atoms with van der Waals surface area (Å²) in [5.41, 5.74) is 3.27. The third-order valence-corrected chi connectivity index (χ3v) is 3.90. The summed E-state index contributed by atoms with van der Waals surface area (Å²) in [6.45, 7) is 2.07. The second-order valence-electron chi connectivity index (χ2n) is 3.18. The normalized spacial score (nSPS) is 10.7. The minimum Gasteiger partial charge on any atom is -0.298 e. The Morgan fingerprint density at radius 2 is 2.29 bits per heavy atom. The van der Waals surface area contributed by atoms with Crippen molar-refractivity contribution in [2.24, 2.45) is 0 Å². The first-order chi connectivity index (χ1) is 6.77. The number of rotatable bonds is 2. The van der Waals surface area contributed by atoms with E-state index in [1.165, 1.54) is 15.8 Å². The van der Waals surface area contributed by atoms with Gasteiger partial charge in [-0.2, -0.15) is 0 Å². The number of hydrogen-bond acceptors (Lipinski definition) is 2. The van der Waals surface area contributed by atoms with E-state index in [0.29, 0.717) is 0 Å². The molecule has 0 unspecified atom stereocenters. The Morgan fingerprint density at radius 1 is 1.50 bits per heavy atom. The van der Waals surface area contributed by atoms with E-state index in [2.05, 4.69) is 35.0 Å². The number of alkyl halides is 1. The zero-order valence-corrected chi connectivity index (χ0v) is 10.1. The second kappa shape index (κ2) is 3.83. The van der Waals surface area contributed by atoms with Crippen molar-refractivity contribution in [2.45, 2.75) is 12.3 Å². The van der Waals surface area contributed by atoms with Crippen molar-refractivity contribution in [2.75, 3.05) is 0 Å². The highest BCUT2D eigenvalue weighted by Gasteiger charge is 2.09. The zero-order chi connectivity index (χ0) is 10.1. The van der Waals surface area contributed by atoms with Crippen LogP contribution in [0.1, 0.15) is 21.5 Å². The van der Waals surface area contributed by atoms with E-state index in [4.69, 9.17) is 0 Å². The SMILES string of the molecule is Cc1ccc2scc(C=O)c2c1CBr. The Hall–Kier alpha value is -0.670. The lowest BCUT2D eigenvalue weighted by atomic mass is 10.0. The molecule has 0 saturated carbocycles. The molecule has 0 amide bonds. The van der Waals surface area contributed by atoms with Crippen molar-refractivity contribution < 1.29 is 4.79 Å². The van der Waals surface area contributed by atoms with Gasteiger partial charge < -0.3 is 0 Å². The molecule has 0 aliphatic heterocycles. The van der Waals surface area contributed by atoms with Gasteiger partial charge in [0.15, 0.2) is 6.29 Å². The highest BCUT2D eigenvalue weighted by atomic mass is 79.9. The minimum absolute atomic E-state index is 0.799. The van der Waals surface area contributed by atoms with Gasteiger partial charge in [0.2, 0.25) is 0 Å². The van der Waals surface area contributed by atoms with Crippen molar-refractivity contribution in [1.82, 2.24) is 0 Å². The van der Waals surface area contributed by atoms with Crippen molar-refractivity contribution >= 4 is 43.6 Å². The Bertz CT molecular complexity index is 487. The summed E-state index contributed by atoms with van der Waals surface area (Å²) in [5.74, 6) is 0. The summed E-state index contributed by atoms with van der Waals surface area (Å²) in [6, 6.07) is 4.18. The topological polar surface area (TPSA) is 17.1 Å². The summed E-state index contributed by atoms with van der Waals surface area (Å²) in [6.07, 6.45) is 0.935. The van der Waals surface area contributed by atoms with E-state index < -0.39 is 0 Å². The van der Waals surface area contributed by atoms with Gasteiger partial charge in [-0.3, -0.25) is 4.79 Å². The van der Waals surface area contributed by atoms with Crippen LogP contribution in [0.25, 0.3) is 10.1 Å². The fourth-order valence-corrected chi connectivity index (χ4v) is 3.25. The highest BCUT2D eigenvalue weighted by Crippen LogP contribution is 2.31. The fourth-order valence-electron chi connectivity index (χ4n) is 1.59. The molecule has 2 aromatic rings.